The van der Waals surface area contributed by atoms with Crippen molar-refractivity contribution >= 4 is 35.6 Å². The topological polar surface area (TPSA) is 41.1 Å². The number of rotatable bonds is 3. The molecule has 2 N–H and O–H groups in total. The van der Waals surface area contributed by atoms with E-state index in [1.54, 1.807) is 19.2 Å². The minimum Gasteiger partial charge on any atom is -0.325 e. The number of hydrogen-bond donors (Lipinski definition) is 2. The van der Waals surface area contributed by atoms with Gasteiger partial charge in [-0.15, -0.1) is 12.4 Å². The Morgan fingerprint density at radius 3 is 2.67 bits per heavy atom. The quantitative estimate of drug-likeness (QED) is 0.862. The van der Waals surface area contributed by atoms with Crippen LogP contribution in [0.25, 0.3) is 0 Å². The smallest absolute Gasteiger partial charge is 0.238 e. The van der Waals surface area contributed by atoms with Gasteiger partial charge >= 0.3 is 0 Å². The second-order valence-electron chi connectivity index (χ2n) is 3.04. The molecule has 0 bridgehead atoms. The van der Waals surface area contributed by atoms with Gasteiger partial charge in [-0.2, -0.15) is 0 Å². The van der Waals surface area contributed by atoms with E-state index >= 15 is 0 Å². The van der Waals surface area contributed by atoms with E-state index in [1.165, 1.54) is 0 Å². The Balaban J connectivity index is 0.00000196. The summed E-state index contributed by atoms with van der Waals surface area (Å²) in [5, 5.41) is 6.23. The van der Waals surface area contributed by atoms with Crippen molar-refractivity contribution < 1.29 is 4.79 Å². The van der Waals surface area contributed by atoms with Crippen molar-refractivity contribution in [3.63, 3.8) is 0 Å². The fourth-order valence-corrected chi connectivity index (χ4v) is 1.35. The normalized spacial score (nSPS) is 9.27. The molecular weight excluding hydrogens is 235 g/mol. The Hall–Kier alpha value is -0.770. The Bertz CT molecular complexity index is 342. The maximum absolute atomic E-state index is 11.2. The molecule has 0 fully saturated rings. The van der Waals surface area contributed by atoms with Gasteiger partial charge in [0.25, 0.3) is 0 Å². The number of likely N-dealkylation sites (N-methyl/N-ethyl adjacent to an activating group) is 1. The van der Waals surface area contributed by atoms with Gasteiger partial charge in [0, 0.05) is 10.7 Å². The Morgan fingerprint density at radius 1 is 1.47 bits per heavy atom. The van der Waals surface area contributed by atoms with Crippen molar-refractivity contribution in [1.29, 1.82) is 0 Å². The van der Waals surface area contributed by atoms with E-state index in [9.17, 15) is 4.79 Å². The number of amides is 1. The standard InChI is InChI=1S/C10H13ClN2O.ClH/c1-7-5-8(11)3-4-9(7)13-10(14)6-12-2;/h3-5,12H,6H2,1-2H3,(H,13,14);1H. The monoisotopic (exact) mass is 248 g/mol. The average Bonchev–Trinajstić information content (AvgIpc) is 2.10. The molecule has 5 heteroatoms. The fraction of sp³-hybridized carbons (Fsp3) is 0.300. The highest BCUT2D eigenvalue weighted by atomic mass is 35.5. The first-order valence-electron chi connectivity index (χ1n) is 4.34. The number of aryl methyl sites for hydroxylation is 1. The number of anilines is 1. The summed E-state index contributed by atoms with van der Waals surface area (Å²) in [6.07, 6.45) is 0. The molecule has 0 saturated heterocycles. The summed E-state index contributed by atoms with van der Waals surface area (Å²) in [6.45, 7) is 2.21. The first-order chi connectivity index (χ1) is 6.63. The zero-order chi connectivity index (χ0) is 10.6. The minimum atomic E-state index is -0.0575. The zero-order valence-electron chi connectivity index (χ0n) is 8.63. The lowest BCUT2D eigenvalue weighted by atomic mass is 10.2. The van der Waals surface area contributed by atoms with Crippen molar-refractivity contribution in [2.75, 3.05) is 18.9 Å². The summed E-state index contributed by atoms with van der Waals surface area (Å²) in [5.74, 6) is -0.0575. The van der Waals surface area contributed by atoms with Crippen molar-refractivity contribution in [3.05, 3.63) is 28.8 Å². The Morgan fingerprint density at radius 2 is 2.13 bits per heavy atom. The third-order valence-corrected chi connectivity index (χ3v) is 2.03. The molecule has 0 unspecified atom stereocenters. The molecule has 0 aromatic heterocycles. The van der Waals surface area contributed by atoms with Crippen molar-refractivity contribution in [1.82, 2.24) is 5.32 Å². The van der Waals surface area contributed by atoms with Crippen molar-refractivity contribution in [2.45, 2.75) is 6.92 Å². The van der Waals surface area contributed by atoms with Crippen LogP contribution < -0.4 is 10.6 Å². The number of carbonyl (C=O) groups is 1. The van der Waals surface area contributed by atoms with E-state index < -0.39 is 0 Å². The molecule has 1 aromatic rings. The molecule has 15 heavy (non-hydrogen) atoms. The molecule has 1 rings (SSSR count). The van der Waals surface area contributed by atoms with Crippen molar-refractivity contribution in [3.8, 4) is 0 Å². The third-order valence-electron chi connectivity index (χ3n) is 1.80. The van der Waals surface area contributed by atoms with Gasteiger partial charge in [-0.05, 0) is 37.7 Å². The van der Waals surface area contributed by atoms with Gasteiger partial charge < -0.3 is 10.6 Å². The molecule has 0 saturated carbocycles. The van der Waals surface area contributed by atoms with Gasteiger partial charge in [0.2, 0.25) is 5.91 Å². The molecule has 0 radical (unpaired) electrons. The lowest BCUT2D eigenvalue weighted by Gasteiger charge is -2.07. The Labute approximate surface area is 101 Å². The second kappa shape index (κ2) is 6.67. The van der Waals surface area contributed by atoms with Crippen LogP contribution in [0, 0.1) is 6.92 Å². The Kier molecular flexibility index (Phi) is 6.32. The number of carbonyl (C=O) groups excluding carboxylic acids is 1. The van der Waals surface area contributed by atoms with E-state index in [1.807, 2.05) is 13.0 Å². The van der Waals surface area contributed by atoms with Crippen LogP contribution in [0.15, 0.2) is 18.2 Å². The molecule has 0 aliphatic carbocycles. The molecule has 84 valence electrons. The molecular formula is C10H14Cl2N2O. The molecule has 0 spiro atoms. The van der Waals surface area contributed by atoms with Gasteiger partial charge in [0.1, 0.15) is 0 Å². The summed E-state index contributed by atoms with van der Waals surface area (Å²) in [4.78, 5) is 11.2. The molecule has 1 amide bonds. The van der Waals surface area contributed by atoms with Crippen LogP contribution in [-0.2, 0) is 4.79 Å². The van der Waals surface area contributed by atoms with Crippen LogP contribution in [0.2, 0.25) is 5.02 Å². The van der Waals surface area contributed by atoms with E-state index in [4.69, 9.17) is 11.6 Å². The van der Waals surface area contributed by atoms with E-state index in [0.29, 0.717) is 11.6 Å². The highest BCUT2D eigenvalue weighted by molar-refractivity contribution is 6.30. The minimum absolute atomic E-state index is 0. The van der Waals surface area contributed by atoms with Crippen LogP contribution in [-0.4, -0.2) is 19.5 Å². The number of halogens is 2. The lowest BCUT2D eigenvalue weighted by molar-refractivity contribution is -0.115. The SMILES string of the molecule is CNCC(=O)Nc1ccc(Cl)cc1C.Cl. The lowest BCUT2D eigenvalue weighted by Crippen LogP contribution is -2.25. The average molecular weight is 249 g/mol. The van der Waals surface area contributed by atoms with Crippen LogP contribution >= 0.6 is 24.0 Å². The van der Waals surface area contributed by atoms with Crippen molar-refractivity contribution in [2.24, 2.45) is 0 Å². The number of hydrogen-bond acceptors (Lipinski definition) is 2. The molecule has 3 nitrogen and oxygen atoms in total. The van der Waals surface area contributed by atoms with Gasteiger partial charge in [0.15, 0.2) is 0 Å². The van der Waals surface area contributed by atoms with Crippen LogP contribution in [0.4, 0.5) is 5.69 Å². The van der Waals surface area contributed by atoms with Crippen LogP contribution in [0.3, 0.4) is 0 Å². The zero-order valence-corrected chi connectivity index (χ0v) is 10.2. The third kappa shape index (κ3) is 4.51. The molecule has 0 atom stereocenters. The maximum Gasteiger partial charge on any atom is 0.238 e. The summed E-state index contributed by atoms with van der Waals surface area (Å²) in [5.41, 5.74) is 1.76. The van der Waals surface area contributed by atoms with Gasteiger partial charge in [-0.25, -0.2) is 0 Å². The fourth-order valence-electron chi connectivity index (χ4n) is 1.12. The summed E-state index contributed by atoms with van der Waals surface area (Å²) < 4.78 is 0. The highest BCUT2D eigenvalue weighted by Crippen LogP contribution is 2.19. The summed E-state index contributed by atoms with van der Waals surface area (Å²) in [6, 6.07) is 5.37. The van der Waals surface area contributed by atoms with Gasteiger partial charge in [0.05, 0.1) is 6.54 Å². The molecule has 1 aromatic carbocycles. The molecule has 0 aliphatic heterocycles. The van der Waals surface area contributed by atoms with Gasteiger partial charge in [-0.1, -0.05) is 11.6 Å². The van der Waals surface area contributed by atoms with E-state index in [0.717, 1.165) is 11.3 Å². The first-order valence-corrected chi connectivity index (χ1v) is 4.72. The molecule has 0 heterocycles. The predicted molar refractivity (Wildman–Crippen MR) is 66.0 cm³/mol. The van der Waals surface area contributed by atoms with Gasteiger partial charge in [-0.3, -0.25) is 4.79 Å². The van der Waals surface area contributed by atoms with Crippen LogP contribution in [0.5, 0.6) is 0 Å². The number of nitrogens with one attached hydrogen (secondary N) is 2. The first kappa shape index (κ1) is 14.2. The number of benzene rings is 1. The van der Waals surface area contributed by atoms with E-state index in [2.05, 4.69) is 10.6 Å². The predicted octanol–water partition coefficient (Wildman–Crippen LogP) is 2.23. The van der Waals surface area contributed by atoms with Crippen LogP contribution in [0.1, 0.15) is 5.56 Å². The molecule has 0 aliphatic rings. The largest absolute Gasteiger partial charge is 0.325 e. The summed E-state index contributed by atoms with van der Waals surface area (Å²) >= 11 is 5.79. The highest BCUT2D eigenvalue weighted by Gasteiger charge is 2.03. The van der Waals surface area contributed by atoms with E-state index in [-0.39, 0.29) is 18.3 Å². The maximum atomic E-state index is 11.2. The second-order valence-corrected chi connectivity index (χ2v) is 3.47. The summed E-state index contributed by atoms with van der Waals surface area (Å²) in [7, 11) is 1.73.